The number of carbonyl (C=O) groups excluding carboxylic acids is 7. The number of ether oxygens (including phenoxy) is 2. The summed E-state index contributed by atoms with van der Waals surface area (Å²) < 4.78 is 10.5. The molecule has 1 aromatic carbocycles. The fourth-order valence-electron chi connectivity index (χ4n) is 3.56. The van der Waals surface area contributed by atoms with Crippen LogP contribution in [0.25, 0.3) is 0 Å². The molecule has 15 nitrogen and oxygen atoms in total. The van der Waals surface area contributed by atoms with Crippen molar-refractivity contribution in [2.75, 3.05) is 31.6 Å². The maximum absolute atomic E-state index is 12.7. The molecule has 0 saturated heterocycles. The van der Waals surface area contributed by atoms with Crippen LogP contribution >= 0.6 is 0 Å². The third kappa shape index (κ3) is 18.9. The largest absolute Gasteiger partial charge is 0.461 e. The average molecular weight is 665 g/mol. The van der Waals surface area contributed by atoms with Crippen molar-refractivity contribution in [3.8, 4) is 0 Å². The van der Waals surface area contributed by atoms with Gasteiger partial charge in [0.1, 0.15) is 18.4 Å². The topological polar surface area (TPSA) is 238 Å². The van der Waals surface area contributed by atoms with Crippen LogP contribution in [0.1, 0.15) is 83.7 Å². The number of nitrogens with two attached hydrogens (primary N) is 2. The number of hydrogen-bond acceptors (Lipinski definition) is 9. The first kappa shape index (κ1) is 42.5. The lowest BCUT2D eigenvalue weighted by Gasteiger charge is -2.21. The molecule has 0 aliphatic heterocycles. The SMILES string of the molecule is CC(C)C(=O)CCOCCC(=O)NC(C(=O)NCC(=O)Nc1ccc(COC(=O)C(C)C)c(C(N)=O)c1)C(C)C.CCCNC(N)=O. The van der Waals surface area contributed by atoms with Crippen LogP contribution in [0.4, 0.5) is 10.5 Å². The second-order valence-electron chi connectivity index (χ2n) is 11.6. The van der Waals surface area contributed by atoms with E-state index >= 15 is 0 Å². The predicted octanol–water partition coefficient (Wildman–Crippen LogP) is 1.77. The Morgan fingerprint density at radius 3 is 1.98 bits per heavy atom. The number of carbonyl (C=O) groups is 7. The molecular formula is C32H52N6O9. The first-order valence-corrected chi connectivity index (χ1v) is 15.6. The zero-order chi connectivity index (χ0) is 36.1. The van der Waals surface area contributed by atoms with E-state index in [1.165, 1.54) is 18.2 Å². The maximum Gasteiger partial charge on any atom is 0.312 e. The third-order valence-electron chi connectivity index (χ3n) is 6.35. The summed E-state index contributed by atoms with van der Waals surface area (Å²) in [6, 6.07) is 3.07. The number of ketones is 1. The van der Waals surface area contributed by atoms with Crippen LogP contribution in [0.5, 0.6) is 0 Å². The van der Waals surface area contributed by atoms with Crippen LogP contribution in [0.3, 0.4) is 0 Å². The Morgan fingerprint density at radius 1 is 0.830 bits per heavy atom. The van der Waals surface area contributed by atoms with Crippen LogP contribution in [0, 0.1) is 17.8 Å². The summed E-state index contributed by atoms with van der Waals surface area (Å²) in [5, 5.41) is 10.1. The molecule has 0 spiro atoms. The number of amides is 6. The molecule has 0 radical (unpaired) electrons. The molecule has 1 rings (SSSR count). The molecule has 0 fully saturated rings. The molecule has 0 aromatic heterocycles. The van der Waals surface area contributed by atoms with Gasteiger partial charge in [0.15, 0.2) is 0 Å². The molecule has 1 atom stereocenters. The summed E-state index contributed by atoms with van der Waals surface area (Å²) in [6.45, 7) is 12.9. The Balaban J connectivity index is 0.00000270. The Hall–Kier alpha value is -4.53. The van der Waals surface area contributed by atoms with Crippen LogP contribution in [0.2, 0.25) is 0 Å². The number of rotatable bonds is 19. The highest BCUT2D eigenvalue weighted by Crippen LogP contribution is 2.17. The number of esters is 1. The van der Waals surface area contributed by atoms with Crippen molar-refractivity contribution in [2.45, 2.75) is 80.4 Å². The van der Waals surface area contributed by atoms with Gasteiger partial charge in [-0.05, 0) is 24.5 Å². The molecule has 47 heavy (non-hydrogen) atoms. The van der Waals surface area contributed by atoms with Crippen molar-refractivity contribution in [3.05, 3.63) is 29.3 Å². The van der Waals surface area contributed by atoms with Gasteiger partial charge in [-0.25, -0.2) is 4.79 Å². The number of primary amides is 2. The summed E-state index contributed by atoms with van der Waals surface area (Å²) in [6.07, 6.45) is 1.23. The zero-order valence-corrected chi connectivity index (χ0v) is 28.5. The lowest BCUT2D eigenvalue weighted by Crippen LogP contribution is -2.51. The molecule has 15 heteroatoms. The van der Waals surface area contributed by atoms with Crippen molar-refractivity contribution in [2.24, 2.45) is 29.2 Å². The number of benzene rings is 1. The number of urea groups is 1. The highest BCUT2D eigenvalue weighted by molar-refractivity contribution is 5.99. The molecule has 1 unspecified atom stereocenters. The van der Waals surface area contributed by atoms with E-state index in [1.807, 2.05) is 20.8 Å². The molecule has 0 heterocycles. The summed E-state index contributed by atoms with van der Waals surface area (Å²) in [4.78, 5) is 82.5. The minimum Gasteiger partial charge on any atom is -0.461 e. The highest BCUT2D eigenvalue weighted by atomic mass is 16.5. The monoisotopic (exact) mass is 664 g/mol. The van der Waals surface area contributed by atoms with E-state index in [-0.39, 0.29) is 74.0 Å². The smallest absolute Gasteiger partial charge is 0.312 e. The number of nitrogens with one attached hydrogen (secondary N) is 4. The summed E-state index contributed by atoms with van der Waals surface area (Å²) in [7, 11) is 0. The Bertz CT molecular complexity index is 1220. The van der Waals surface area contributed by atoms with Crippen LogP contribution in [0.15, 0.2) is 18.2 Å². The molecule has 0 aliphatic rings. The standard InChI is InChI=1S/C28H42N4O8.C4H10N2O/c1-16(2)22(33)9-11-39-12-10-23(34)32-25(17(3)4)27(37)30-14-24(35)31-20-8-7-19(21(13-20)26(29)36)15-40-28(38)18(5)6;1-2-3-6-4(5)7/h7-8,13,16-18,25H,9-12,14-15H2,1-6H3,(H2,29,36)(H,30,37)(H,31,35)(H,32,34);2-3H2,1H3,(H3,5,6,7). The van der Waals surface area contributed by atoms with Gasteiger partial charge < -0.3 is 42.2 Å². The van der Waals surface area contributed by atoms with Gasteiger partial charge in [0.2, 0.25) is 23.6 Å². The van der Waals surface area contributed by atoms with E-state index in [0.29, 0.717) is 12.1 Å². The van der Waals surface area contributed by atoms with Gasteiger partial charge in [0, 0.05) is 42.1 Å². The minimum absolute atomic E-state index is 0.0156. The summed E-state index contributed by atoms with van der Waals surface area (Å²) in [5.41, 5.74) is 10.9. The van der Waals surface area contributed by atoms with Gasteiger partial charge in [0.05, 0.1) is 25.7 Å². The second kappa shape index (κ2) is 22.9. The van der Waals surface area contributed by atoms with Gasteiger partial charge in [-0.2, -0.15) is 0 Å². The quantitative estimate of drug-likeness (QED) is 0.0932. The Labute approximate surface area is 276 Å². The molecular weight excluding hydrogens is 612 g/mol. The predicted molar refractivity (Wildman–Crippen MR) is 176 cm³/mol. The number of Topliss-reactive ketones (excluding diaryl/α,β-unsaturated/α-hetero) is 1. The van der Waals surface area contributed by atoms with Crippen LogP contribution in [-0.2, 0) is 40.1 Å². The van der Waals surface area contributed by atoms with E-state index in [2.05, 4.69) is 21.3 Å². The van der Waals surface area contributed by atoms with E-state index in [0.717, 1.165) is 6.42 Å². The highest BCUT2D eigenvalue weighted by Gasteiger charge is 2.24. The summed E-state index contributed by atoms with van der Waals surface area (Å²) in [5.74, 6) is -3.27. The zero-order valence-electron chi connectivity index (χ0n) is 28.5. The van der Waals surface area contributed by atoms with Gasteiger partial charge in [-0.1, -0.05) is 54.5 Å². The van der Waals surface area contributed by atoms with E-state index in [1.54, 1.807) is 27.7 Å². The molecule has 0 saturated carbocycles. The fraction of sp³-hybridized carbons (Fsp3) is 0.594. The van der Waals surface area contributed by atoms with Crippen molar-refractivity contribution >= 4 is 47.1 Å². The lowest BCUT2D eigenvalue weighted by atomic mass is 10.0. The molecule has 8 N–H and O–H groups in total. The van der Waals surface area contributed by atoms with Crippen molar-refractivity contribution < 1.29 is 43.0 Å². The molecule has 1 aromatic rings. The first-order chi connectivity index (χ1) is 22.0. The Morgan fingerprint density at radius 2 is 1.47 bits per heavy atom. The van der Waals surface area contributed by atoms with Gasteiger partial charge in [0.25, 0.3) is 0 Å². The normalized spacial score (nSPS) is 11.2. The third-order valence-corrected chi connectivity index (χ3v) is 6.35. The van der Waals surface area contributed by atoms with Gasteiger partial charge in [-0.15, -0.1) is 0 Å². The van der Waals surface area contributed by atoms with E-state index in [4.69, 9.17) is 20.9 Å². The first-order valence-electron chi connectivity index (χ1n) is 15.6. The van der Waals surface area contributed by atoms with Crippen molar-refractivity contribution in [1.29, 1.82) is 0 Å². The van der Waals surface area contributed by atoms with Crippen molar-refractivity contribution in [3.63, 3.8) is 0 Å². The van der Waals surface area contributed by atoms with E-state index in [9.17, 15) is 33.6 Å². The van der Waals surface area contributed by atoms with Crippen LogP contribution in [-0.4, -0.2) is 73.8 Å². The van der Waals surface area contributed by atoms with Crippen molar-refractivity contribution in [1.82, 2.24) is 16.0 Å². The number of hydrogen-bond donors (Lipinski definition) is 6. The minimum atomic E-state index is -0.878. The van der Waals surface area contributed by atoms with Gasteiger partial charge in [-0.3, -0.25) is 28.8 Å². The van der Waals surface area contributed by atoms with E-state index < -0.39 is 41.7 Å². The summed E-state index contributed by atoms with van der Waals surface area (Å²) >= 11 is 0. The second-order valence-corrected chi connectivity index (χ2v) is 11.6. The Kier molecular flexibility index (Phi) is 20.7. The van der Waals surface area contributed by atoms with Gasteiger partial charge >= 0.3 is 12.0 Å². The molecule has 0 bridgehead atoms. The fourth-order valence-corrected chi connectivity index (χ4v) is 3.56. The lowest BCUT2D eigenvalue weighted by molar-refractivity contribution is -0.148. The average Bonchev–Trinajstić information content (AvgIpc) is 3.00. The van der Waals surface area contributed by atoms with Crippen LogP contribution < -0.4 is 32.7 Å². The molecule has 6 amide bonds. The maximum atomic E-state index is 12.7. The number of anilines is 1. The molecule has 264 valence electrons. The molecule has 0 aliphatic carbocycles.